The Hall–Kier alpha value is -2.58. The Labute approximate surface area is 172 Å². The molecule has 1 amide bonds. The molecule has 0 unspecified atom stereocenters. The molecule has 0 atom stereocenters. The molecule has 0 saturated carbocycles. The van der Waals surface area contributed by atoms with E-state index in [1.54, 1.807) is 24.3 Å². The zero-order valence-electron chi connectivity index (χ0n) is 16.4. The lowest BCUT2D eigenvalue weighted by atomic mass is 10.3. The average molecular weight is 419 g/mol. The molecule has 1 heterocycles. The Kier molecular flexibility index (Phi) is 7.11. The number of ether oxygens (including phenoxy) is 1. The minimum atomic E-state index is -0.531. The van der Waals surface area contributed by atoms with Gasteiger partial charge in [0.15, 0.2) is 23.3 Å². The van der Waals surface area contributed by atoms with Crippen LogP contribution >= 0.6 is 11.3 Å². The van der Waals surface area contributed by atoms with Crippen molar-refractivity contribution in [2.75, 3.05) is 37.7 Å². The van der Waals surface area contributed by atoms with Crippen molar-refractivity contribution in [2.24, 2.45) is 0 Å². The summed E-state index contributed by atoms with van der Waals surface area (Å²) in [5.74, 6) is -1.31. The highest BCUT2D eigenvalue weighted by Gasteiger charge is 2.22. The molecule has 0 radical (unpaired) electrons. The predicted octanol–water partition coefficient (Wildman–Crippen LogP) is 4.33. The first kappa shape index (κ1) is 21.1. The van der Waals surface area contributed by atoms with Crippen LogP contribution in [-0.2, 0) is 4.79 Å². The smallest absolute Gasteiger partial charge is 0.266 e. The molecule has 0 saturated heterocycles. The van der Waals surface area contributed by atoms with Crippen LogP contribution in [0.25, 0.3) is 10.2 Å². The van der Waals surface area contributed by atoms with Crippen molar-refractivity contribution in [3.8, 4) is 5.75 Å². The van der Waals surface area contributed by atoms with Gasteiger partial charge in [0, 0.05) is 13.1 Å². The number of benzene rings is 2. The lowest BCUT2D eigenvalue weighted by molar-refractivity contribution is -0.120. The second-order valence-electron chi connectivity index (χ2n) is 6.37. The zero-order chi connectivity index (χ0) is 20.8. The lowest BCUT2D eigenvalue weighted by Gasteiger charge is -2.24. The normalized spacial score (nSPS) is 11.2. The van der Waals surface area contributed by atoms with E-state index in [2.05, 4.69) is 9.88 Å². The standard InChI is InChI=1S/C21H23F2N3O2S/c1-3-25(4-2)12-13-26(19(27)14-28-17-10-6-5-8-15(17)22)21-24-20-16(23)9-7-11-18(20)29-21/h5-11H,3-4,12-14H2,1-2H3. The highest BCUT2D eigenvalue weighted by molar-refractivity contribution is 7.22. The molecular formula is C21H23F2N3O2S. The highest BCUT2D eigenvalue weighted by Crippen LogP contribution is 2.30. The number of para-hydroxylation sites is 2. The summed E-state index contributed by atoms with van der Waals surface area (Å²) in [5, 5.41) is 0.402. The third-order valence-corrected chi connectivity index (χ3v) is 5.66. The number of thiazole rings is 1. The van der Waals surface area contributed by atoms with Crippen LogP contribution in [0, 0.1) is 11.6 Å². The van der Waals surface area contributed by atoms with Crippen LogP contribution in [0.5, 0.6) is 5.75 Å². The monoisotopic (exact) mass is 419 g/mol. The van der Waals surface area contributed by atoms with Gasteiger partial charge in [-0.05, 0) is 37.4 Å². The molecule has 0 bridgehead atoms. The molecule has 0 fully saturated rings. The Morgan fingerprint density at radius 3 is 2.45 bits per heavy atom. The number of rotatable bonds is 9. The van der Waals surface area contributed by atoms with Gasteiger partial charge in [0.05, 0.1) is 4.70 Å². The van der Waals surface area contributed by atoms with Gasteiger partial charge in [0.1, 0.15) is 11.3 Å². The fourth-order valence-corrected chi connectivity index (χ4v) is 3.93. The number of likely N-dealkylation sites (N-methyl/N-ethyl adjacent to an activating group) is 1. The van der Waals surface area contributed by atoms with Crippen LogP contribution in [0.3, 0.4) is 0 Å². The summed E-state index contributed by atoms with van der Waals surface area (Å²) in [6, 6.07) is 10.7. The van der Waals surface area contributed by atoms with Crippen molar-refractivity contribution in [1.82, 2.24) is 9.88 Å². The molecule has 3 aromatic rings. The Morgan fingerprint density at radius 1 is 1.03 bits per heavy atom. The molecule has 5 nitrogen and oxygen atoms in total. The van der Waals surface area contributed by atoms with Gasteiger partial charge in [-0.3, -0.25) is 9.69 Å². The molecule has 29 heavy (non-hydrogen) atoms. The number of halogens is 2. The van der Waals surface area contributed by atoms with E-state index in [4.69, 9.17) is 4.74 Å². The summed E-state index contributed by atoms with van der Waals surface area (Å²) in [7, 11) is 0. The SMILES string of the molecule is CCN(CC)CCN(C(=O)COc1ccccc1F)c1nc2c(F)cccc2s1. The Morgan fingerprint density at radius 2 is 1.76 bits per heavy atom. The maximum atomic E-state index is 14.1. The summed E-state index contributed by atoms with van der Waals surface area (Å²) in [6.45, 7) is 6.46. The van der Waals surface area contributed by atoms with Gasteiger partial charge >= 0.3 is 0 Å². The number of nitrogens with zero attached hydrogens (tertiary/aromatic N) is 3. The molecular weight excluding hydrogens is 396 g/mol. The largest absolute Gasteiger partial charge is 0.481 e. The number of carbonyl (C=O) groups is 1. The third-order valence-electron chi connectivity index (χ3n) is 4.61. The maximum absolute atomic E-state index is 14.1. The average Bonchev–Trinajstić information content (AvgIpc) is 3.16. The van der Waals surface area contributed by atoms with Gasteiger partial charge < -0.3 is 9.64 Å². The number of hydrogen-bond acceptors (Lipinski definition) is 5. The first-order valence-corrected chi connectivity index (χ1v) is 10.3. The summed E-state index contributed by atoms with van der Waals surface area (Å²) < 4.78 is 33.9. The Bertz CT molecular complexity index is 975. The number of amides is 1. The molecule has 0 aliphatic rings. The van der Waals surface area contributed by atoms with Gasteiger partial charge in [-0.25, -0.2) is 13.8 Å². The second kappa shape index (κ2) is 9.76. The highest BCUT2D eigenvalue weighted by atomic mass is 32.1. The number of hydrogen-bond donors (Lipinski definition) is 0. The van der Waals surface area contributed by atoms with E-state index < -0.39 is 11.6 Å². The van der Waals surface area contributed by atoms with Crippen LogP contribution in [-0.4, -0.2) is 48.6 Å². The first-order valence-electron chi connectivity index (χ1n) is 9.48. The summed E-state index contributed by atoms with van der Waals surface area (Å²) >= 11 is 1.25. The quantitative estimate of drug-likeness (QED) is 0.518. The van der Waals surface area contributed by atoms with Gasteiger partial charge in [-0.2, -0.15) is 0 Å². The molecule has 1 aromatic heterocycles. The van der Waals surface area contributed by atoms with Crippen molar-refractivity contribution < 1.29 is 18.3 Å². The maximum Gasteiger partial charge on any atom is 0.266 e. The van der Waals surface area contributed by atoms with Crippen molar-refractivity contribution >= 4 is 32.6 Å². The molecule has 0 spiro atoms. The van der Waals surface area contributed by atoms with Crippen molar-refractivity contribution in [2.45, 2.75) is 13.8 Å². The molecule has 154 valence electrons. The van der Waals surface area contributed by atoms with Crippen LogP contribution in [0.15, 0.2) is 42.5 Å². The van der Waals surface area contributed by atoms with Crippen LogP contribution in [0.2, 0.25) is 0 Å². The molecule has 3 rings (SSSR count). The summed E-state index contributed by atoms with van der Waals surface area (Å²) in [5.41, 5.74) is 0.239. The van der Waals surface area contributed by atoms with E-state index in [1.165, 1.54) is 34.4 Å². The molecule has 0 aliphatic heterocycles. The number of aromatic nitrogens is 1. The van der Waals surface area contributed by atoms with Crippen LogP contribution in [0.1, 0.15) is 13.8 Å². The van der Waals surface area contributed by atoms with Crippen molar-refractivity contribution in [1.29, 1.82) is 0 Å². The second-order valence-corrected chi connectivity index (χ2v) is 7.38. The Balaban J connectivity index is 1.82. The van der Waals surface area contributed by atoms with E-state index in [9.17, 15) is 13.6 Å². The third kappa shape index (κ3) is 5.07. The fourth-order valence-electron chi connectivity index (χ4n) is 2.91. The number of anilines is 1. The van der Waals surface area contributed by atoms with E-state index in [0.717, 1.165) is 13.1 Å². The van der Waals surface area contributed by atoms with Gasteiger partial charge in [-0.1, -0.05) is 43.4 Å². The van der Waals surface area contributed by atoms with Crippen molar-refractivity contribution in [3.05, 3.63) is 54.1 Å². The molecule has 0 aliphatic carbocycles. The van der Waals surface area contributed by atoms with E-state index in [0.29, 0.717) is 22.9 Å². The number of carbonyl (C=O) groups excluding carboxylic acids is 1. The summed E-state index contributed by atoms with van der Waals surface area (Å²) in [4.78, 5) is 20.9. The van der Waals surface area contributed by atoms with Crippen LogP contribution in [0.4, 0.5) is 13.9 Å². The number of fused-ring (bicyclic) bond motifs is 1. The zero-order valence-corrected chi connectivity index (χ0v) is 17.2. The van der Waals surface area contributed by atoms with Crippen LogP contribution < -0.4 is 9.64 Å². The van der Waals surface area contributed by atoms with E-state index in [1.807, 2.05) is 13.8 Å². The fraction of sp³-hybridized carbons (Fsp3) is 0.333. The minimum Gasteiger partial charge on any atom is -0.481 e. The minimum absolute atomic E-state index is 0.0138. The van der Waals surface area contributed by atoms with Gasteiger partial charge in [0.25, 0.3) is 5.91 Å². The van der Waals surface area contributed by atoms with E-state index >= 15 is 0 Å². The molecule has 0 N–H and O–H groups in total. The van der Waals surface area contributed by atoms with Gasteiger partial charge in [0.2, 0.25) is 0 Å². The molecule has 8 heteroatoms. The van der Waals surface area contributed by atoms with Gasteiger partial charge in [-0.15, -0.1) is 0 Å². The van der Waals surface area contributed by atoms with Crippen molar-refractivity contribution in [3.63, 3.8) is 0 Å². The topological polar surface area (TPSA) is 45.7 Å². The van der Waals surface area contributed by atoms with E-state index in [-0.39, 0.29) is 23.8 Å². The molecule has 2 aromatic carbocycles. The lowest BCUT2D eigenvalue weighted by Crippen LogP contribution is -2.41. The first-order chi connectivity index (χ1) is 14.0. The summed E-state index contributed by atoms with van der Waals surface area (Å²) in [6.07, 6.45) is 0. The predicted molar refractivity (Wildman–Crippen MR) is 112 cm³/mol.